The first-order chi connectivity index (χ1) is 17.1. The summed E-state index contributed by atoms with van der Waals surface area (Å²) in [6.07, 6.45) is 2.51. The average Bonchev–Trinajstić information content (AvgIpc) is 3.33. The Morgan fingerprint density at radius 2 is 1.86 bits per heavy atom. The van der Waals surface area contributed by atoms with Gasteiger partial charge in [0.05, 0.1) is 25.0 Å². The molecule has 0 radical (unpaired) electrons. The number of methoxy groups -OCH3 is 1. The number of thioether (sulfide) groups is 1. The largest absolute Gasteiger partial charge is 0.497 e. The van der Waals surface area contributed by atoms with Gasteiger partial charge < -0.3 is 9.72 Å². The molecule has 0 unspecified atom stereocenters. The van der Waals surface area contributed by atoms with E-state index in [1.165, 1.54) is 22.5 Å². The Hall–Kier alpha value is -3.18. The molecule has 35 heavy (non-hydrogen) atoms. The van der Waals surface area contributed by atoms with E-state index < -0.39 is 0 Å². The third kappa shape index (κ3) is 5.57. The van der Waals surface area contributed by atoms with Crippen LogP contribution in [-0.2, 0) is 18.7 Å². The number of nitrogens with one attached hydrogen (secondary N) is 1. The van der Waals surface area contributed by atoms with Gasteiger partial charge in [0.15, 0.2) is 5.16 Å². The van der Waals surface area contributed by atoms with Crippen molar-refractivity contribution in [2.24, 2.45) is 0 Å². The Balaban J connectivity index is 1.29. The van der Waals surface area contributed by atoms with Gasteiger partial charge in [-0.25, -0.2) is 9.67 Å². The van der Waals surface area contributed by atoms with Crippen LogP contribution in [-0.4, -0.2) is 32.1 Å². The molecule has 0 aliphatic carbocycles. The molecule has 0 aliphatic rings. The number of rotatable bonds is 8. The molecule has 0 spiro atoms. The zero-order valence-electron chi connectivity index (χ0n) is 18.9. The molecule has 0 saturated heterocycles. The first-order valence-electron chi connectivity index (χ1n) is 11.0. The molecule has 3 aromatic carbocycles. The molecule has 176 valence electrons. The molecule has 0 fully saturated rings. The minimum absolute atomic E-state index is 0.124. The van der Waals surface area contributed by atoms with Gasteiger partial charge in [-0.15, -0.1) is 5.10 Å². The number of benzene rings is 3. The maximum absolute atomic E-state index is 12.6. The summed E-state index contributed by atoms with van der Waals surface area (Å²) < 4.78 is 7.62. The van der Waals surface area contributed by atoms with Gasteiger partial charge in [-0.05, 0) is 56.6 Å². The van der Waals surface area contributed by atoms with Crippen LogP contribution < -0.4 is 10.3 Å². The van der Waals surface area contributed by atoms with E-state index >= 15 is 0 Å². The van der Waals surface area contributed by atoms with Crippen molar-refractivity contribution >= 4 is 45.1 Å². The molecule has 0 atom stereocenters. The quantitative estimate of drug-likeness (QED) is 0.153. The highest BCUT2D eigenvalue weighted by molar-refractivity contribution is 14.1. The highest BCUT2D eigenvalue weighted by atomic mass is 127. The highest BCUT2D eigenvalue weighted by Crippen LogP contribution is 2.24. The van der Waals surface area contributed by atoms with Crippen molar-refractivity contribution in [2.45, 2.75) is 23.9 Å². The predicted octanol–water partition coefficient (Wildman–Crippen LogP) is 5.06. The van der Waals surface area contributed by atoms with Crippen molar-refractivity contribution in [1.82, 2.24) is 25.0 Å². The first-order valence-corrected chi connectivity index (χ1v) is 13.1. The van der Waals surface area contributed by atoms with Crippen LogP contribution in [0.25, 0.3) is 10.8 Å². The summed E-state index contributed by atoms with van der Waals surface area (Å²) in [5.74, 6) is 1.38. The Morgan fingerprint density at radius 1 is 1.06 bits per heavy atom. The van der Waals surface area contributed by atoms with Gasteiger partial charge in [-0.2, -0.15) is 0 Å². The van der Waals surface area contributed by atoms with E-state index in [0.717, 1.165) is 28.3 Å². The fourth-order valence-electron chi connectivity index (χ4n) is 3.84. The van der Waals surface area contributed by atoms with E-state index in [4.69, 9.17) is 9.72 Å². The van der Waals surface area contributed by atoms with Crippen LogP contribution in [0.2, 0.25) is 0 Å². The van der Waals surface area contributed by atoms with Crippen molar-refractivity contribution in [3.05, 3.63) is 109 Å². The Kier molecular flexibility index (Phi) is 7.14. The van der Waals surface area contributed by atoms with Gasteiger partial charge in [-0.1, -0.05) is 71.6 Å². The predicted molar refractivity (Wildman–Crippen MR) is 146 cm³/mol. The van der Waals surface area contributed by atoms with Crippen molar-refractivity contribution in [3.63, 3.8) is 0 Å². The standard InChI is InChI=1S/C26H22IN5O2S/c1-34-21-11-9-17(10-12-21)14-32-15-20(30-31-32)16-35-26-28-23(24(27)25(33)29-26)13-19-7-4-6-18-5-2-3-8-22(18)19/h2-12,15H,13-14,16H2,1H3,(H,28,29,33). The highest BCUT2D eigenvalue weighted by Gasteiger charge is 2.13. The number of aromatic nitrogens is 5. The summed E-state index contributed by atoms with van der Waals surface area (Å²) in [7, 11) is 1.65. The molecule has 5 aromatic rings. The minimum Gasteiger partial charge on any atom is -0.497 e. The van der Waals surface area contributed by atoms with Crippen LogP contribution in [0.3, 0.4) is 0 Å². The topological polar surface area (TPSA) is 85.7 Å². The number of H-pyrrole nitrogens is 1. The Labute approximate surface area is 220 Å². The fourth-order valence-corrected chi connectivity index (χ4v) is 5.04. The van der Waals surface area contributed by atoms with Crippen molar-refractivity contribution in [1.29, 1.82) is 0 Å². The summed E-state index contributed by atoms with van der Waals surface area (Å²) >= 11 is 3.53. The molecule has 0 bridgehead atoms. The summed E-state index contributed by atoms with van der Waals surface area (Å²) in [5, 5.41) is 11.4. The average molecular weight is 595 g/mol. The monoisotopic (exact) mass is 595 g/mol. The van der Waals surface area contributed by atoms with E-state index in [0.29, 0.717) is 27.4 Å². The third-order valence-corrected chi connectivity index (χ3v) is 7.61. The lowest BCUT2D eigenvalue weighted by Gasteiger charge is -2.09. The van der Waals surface area contributed by atoms with Gasteiger partial charge in [-0.3, -0.25) is 4.79 Å². The molecule has 5 rings (SSSR count). The fraction of sp³-hybridized carbons (Fsp3) is 0.154. The van der Waals surface area contributed by atoms with E-state index in [1.807, 2.05) is 48.7 Å². The van der Waals surface area contributed by atoms with E-state index in [-0.39, 0.29) is 5.56 Å². The number of ether oxygens (including phenoxy) is 1. The lowest BCUT2D eigenvalue weighted by molar-refractivity contribution is 0.414. The maximum Gasteiger partial charge on any atom is 0.265 e. The lowest BCUT2D eigenvalue weighted by Crippen LogP contribution is -2.16. The second kappa shape index (κ2) is 10.6. The molecule has 0 amide bonds. The zero-order valence-corrected chi connectivity index (χ0v) is 21.9. The van der Waals surface area contributed by atoms with Crippen molar-refractivity contribution in [3.8, 4) is 5.75 Å². The SMILES string of the molecule is COc1ccc(Cn2cc(CSc3nc(Cc4cccc5ccccc45)c(I)c(=O)[nH]3)nn2)cc1. The maximum atomic E-state index is 12.6. The van der Waals surface area contributed by atoms with E-state index in [2.05, 4.69) is 62.2 Å². The van der Waals surface area contributed by atoms with Gasteiger partial charge in [0, 0.05) is 18.4 Å². The molecular formula is C26H22IN5O2S. The van der Waals surface area contributed by atoms with Gasteiger partial charge in [0.25, 0.3) is 5.56 Å². The molecule has 1 N–H and O–H groups in total. The summed E-state index contributed by atoms with van der Waals surface area (Å²) in [6, 6.07) is 22.4. The molecular weight excluding hydrogens is 573 g/mol. The van der Waals surface area contributed by atoms with Crippen LogP contribution in [0.15, 0.2) is 82.9 Å². The van der Waals surface area contributed by atoms with Gasteiger partial charge in [0.1, 0.15) is 9.32 Å². The lowest BCUT2D eigenvalue weighted by atomic mass is 10.0. The third-order valence-electron chi connectivity index (χ3n) is 5.59. The molecule has 2 aromatic heterocycles. The van der Waals surface area contributed by atoms with Crippen LogP contribution >= 0.6 is 34.4 Å². The minimum atomic E-state index is -0.124. The summed E-state index contributed by atoms with van der Waals surface area (Å²) in [6.45, 7) is 0.620. The molecule has 9 heteroatoms. The molecule has 2 heterocycles. The molecule has 0 aliphatic heterocycles. The van der Waals surface area contributed by atoms with Crippen LogP contribution in [0.1, 0.15) is 22.5 Å². The molecule has 7 nitrogen and oxygen atoms in total. The second-order valence-electron chi connectivity index (χ2n) is 7.99. The Bertz CT molecular complexity index is 1530. The van der Waals surface area contributed by atoms with E-state index in [1.54, 1.807) is 11.8 Å². The number of hydrogen-bond acceptors (Lipinski definition) is 6. The van der Waals surface area contributed by atoms with Crippen LogP contribution in [0.4, 0.5) is 0 Å². The normalized spacial score (nSPS) is 11.1. The zero-order chi connectivity index (χ0) is 24.2. The number of hydrogen-bond donors (Lipinski definition) is 1. The molecule has 0 saturated carbocycles. The van der Waals surface area contributed by atoms with E-state index in [9.17, 15) is 4.79 Å². The van der Waals surface area contributed by atoms with Crippen LogP contribution in [0.5, 0.6) is 5.75 Å². The number of halogens is 1. The number of fused-ring (bicyclic) bond motifs is 1. The summed E-state index contributed by atoms with van der Waals surface area (Å²) in [4.78, 5) is 20.3. The number of nitrogens with zero attached hydrogens (tertiary/aromatic N) is 4. The van der Waals surface area contributed by atoms with Crippen LogP contribution in [0, 0.1) is 3.57 Å². The summed E-state index contributed by atoms with van der Waals surface area (Å²) in [5.41, 5.74) is 3.73. The van der Waals surface area contributed by atoms with Crippen molar-refractivity contribution in [2.75, 3.05) is 7.11 Å². The Morgan fingerprint density at radius 3 is 2.69 bits per heavy atom. The second-order valence-corrected chi connectivity index (χ2v) is 10.0. The first kappa shape index (κ1) is 23.6. The smallest absolute Gasteiger partial charge is 0.265 e. The van der Waals surface area contributed by atoms with Gasteiger partial charge >= 0.3 is 0 Å². The number of aromatic amines is 1. The van der Waals surface area contributed by atoms with Gasteiger partial charge in [0.2, 0.25) is 0 Å². The van der Waals surface area contributed by atoms with Crippen molar-refractivity contribution < 1.29 is 4.74 Å².